The highest BCUT2D eigenvalue weighted by Crippen LogP contribution is 2.31. The fourth-order valence-electron chi connectivity index (χ4n) is 1.99. The molecule has 0 heterocycles. The maximum Gasteiger partial charge on any atom is 0.0975 e. The number of rotatable bonds is 2. The normalized spacial score (nSPS) is 21.8. The van der Waals surface area contributed by atoms with Gasteiger partial charge in [-0.05, 0) is 44.7 Å². The van der Waals surface area contributed by atoms with E-state index in [9.17, 15) is 4.21 Å². The van der Waals surface area contributed by atoms with E-state index >= 15 is 0 Å². The number of benzene rings is 1. The lowest BCUT2D eigenvalue weighted by atomic mass is 10.1. The van der Waals surface area contributed by atoms with Gasteiger partial charge in [0, 0.05) is 6.04 Å². The largest absolute Gasteiger partial charge is 0.242 e. The predicted molar refractivity (Wildman–Crippen MR) is 68.5 cm³/mol. The van der Waals surface area contributed by atoms with Crippen LogP contribution in [0.4, 0.5) is 0 Å². The molecule has 0 radical (unpaired) electrons. The van der Waals surface area contributed by atoms with Gasteiger partial charge in [-0.3, -0.25) is 0 Å². The summed E-state index contributed by atoms with van der Waals surface area (Å²) < 4.78 is 15.1. The van der Waals surface area contributed by atoms with Crippen LogP contribution in [0.1, 0.15) is 44.4 Å². The van der Waals surface area contributed by atoms with Crippen LogP contribution in [0, 0.1) is 0 Å². The second-order valence-corrected chi connectivity index (χ2v) is 7.29. The Morgan fingerprint density at radius 2 is 2.00 bits per heavy atom. The summed E-state index contributed by atoms with van der Waals surface area (Å²) in [6.45, 7) is 5.99. The molecule has 0 saturated heterocycles. The number of fused-ring (bicyclic) bond motifs is 1. The molecule has 1 N–H and O–H groups in total. The molecule has 0 spiro atoms. The Morgan fingerprint density at radius 3 is 2.69 bits per heavy atom. The van der Waals surface area contributed by atoms with E-state index in [1.807, 2.05) is 20.8 Å². The molecule has 1 aromatic rings. The topological polar surface area (TPSA) is 29.1 Å². The zero-order valence-corrected chi connectivity index (χ0v) is 10.9. The van der Waals surface area contributed by atoms with Gasteiger partial charge in [0.2, 0.25) is 0 Å². The van der Waals surface area contributed by atoms with Gasteiger partial charge < -0.3 is 0 Å². The van der Waals surface area contributed by atoms with Crippen LogP contribution in [0.3, 0.4) is 0 Å². The van der Waals surface area contributed by atoms with Crippen LogP contribution in [-0.2, 0) is 17.4 Å². The van der Waals surface area contributed by atoms with Crippen molar-refractivity contribution in [2.75, 3.05) is 0 Å². The molecule has 0 aromatic heterocycles. The van der Waals surface area contributed by atoms with Crippen LogP contribution < -0.4 is 4.72 Å². The lowest BCUT2D eigenvalue weighted by molar-refractivity contribution is 0.596. The van der Waals surface area contributed by atoms with Gasteiger partial charge in [0.25, 0.3) is 0 Å². The molecule has 1 unspecified atom stereocenters. The third-order valence-electron chi connectivity index (χ3n) is 2.94. The van der Waals surface area contributed by atoms with Crippen LogP contribution in [0.5, 0.6) is 0 Å². The van der Waals surface area contributed by atoms with Gasteiger partial charge in [-0.1, -0.05) is 24.3 Å². The second-order valence-electron chi connectivity index (χ2n) is 5.29. The average molecular weight is 237 g/mol. The highest BCUT2D eigenvalue weighted by Gasteiger charge is 2.27. The molecule has 2 rings (SSSR count). The van der Waals surface area contributed by atoms with Crippen molar-refractivity contribution in [3.05, 3.63) is 35.4 Å². The Hall–Kier alpha value is -0.670. The van der Waals surface area contributed by atoms with Crippen LogP contribution in [0.25, 0.3) is 0 Å². The number of nitrogens with one attached hydrogen (secondary N) is 1. The Balaban J connectivity index is 2.12. The van der Waals surface area contributed by atoms with E-state index < -0.39 is 11.0 Å². The van der Waals surface area contributed by atoms with Crippen LogP contribution in [0.2, 0.25) is 0 Å². The Labute approximate surface area is 100 Å². The number of aryl methyl sites for hydroxylation is 1. The molecule has 2 atom stereocenters. The minimum atomic E-state index is -0.984. The maximum atomic E-state index is 12.0. The Bertz CT molecular complexity index is 409. The van der Waals surface area contributed by atoms with Crippen molar-refractivity contribution in [1.29, 1.82) is 0 Å². The van der Waals surface area contributed by atoms with E-state index in [0.717, 1.165) is 12.8 Å². The van der Waals surface area contributed by atoms with E-state index in [4.69, 9.17) is 0 Å². The quantitative estimate of drug-likeness (QED) is 0.842. The van der Waals surface area contributed by atoms with Crippen molar-refractivity contribution in [2.45, 2.75) is 44.4 Å². The monoisotopic (exact) mass is 237 g/mol. The van der Waals surface area contributed by atoms with Crippen molar-refractivity contribution in [3.63, 3.8) is 0 Å². The summed E-state index contributed by atoms with van der Waals surface area (Å²) in [5.74, 6) is 0. The van der Waals surface area contributed by atoms with E-state index in [-0.39, 0.29) is 10.8 Å². The Morgan fingerprint density at radius 1 is 1.31 bits per heavy atom. The molecular formula is C13H19NOS. The summed E-state index contributed by atoms with van der Waals surface area (Å²) in [7, 11) is -0.984. The van der Waals surface area contributed by atoms with E-state index in [2.05, 4.69) is 29.0 Å². The predicted octanol–water partition coefficient (Wildman–Crippen LogP) is 2.73. The Kier molecular flexibility index (Phi) is 3.17. The van der Waals surface area contributed by atoms with Gasteiger partial charge in [0.05, 0.1) is 15.7 Å². The third-order valence-corrected chi connectivity index (χ3v) is 4.55. The second kappa shape index (κ2) is 4.30. The van der Waals surface area contributed by atoms with E-state index in [1.54, 1.807) is 0 Å². The van der Waals surface area contributed by atoms with E-state index in [0.29, 0.717) is 0 Å². The zero-order valence-electron chi connectivity index (χ0n) is 10.1. The van der Waals surface area contributed by atoms with Crippen molar-refractivity contribution < 1.29 is 4.21 Å². The lowest BCUT2D eigenvalue weighted by Crippen LogP contribution is -2.35. The first-order valence-corrected chi connectivity index (χ1v) is 6.89. The van der Waals surface area contributed by atoms with Gasteiger partial charge >= 0.3 is 0 Å². The molecule has 0 saturated carbocycles. The zero-order chi connectivity index (χ0) is 11.8. The summed E-state index contributed by atoms with van der Waals surface area (Å²) in [5.41, 5.74) is 2.71. The summed E-state index contributed by atoms with van der Waals surface area (Å²) in [4.78, 5) is 0. The first-order chi connectivity index (χ1) is 7.48. The van der Waals surface area contributed by atoms with Crippen molar-refractivity contribution >= 4 is 11.0 Å². The summed E-state index contributed by atoms with van der Waals surface area (Å²) in [6, 6.07) is 8.69. The summed E-state index contributed by atoms with van der Waals surface area (Å²) in [5, 5.41) is 0. The van der Waals surface area contributed by atoms with Gasteiger partial charge in [0.15, 0.2) is 0 Å². The fraction of sp³-hybridized carbons (Fsp3) is 0.538. The van der Waals surface area contributed by atoms with Crippen molar-refractivity contribution in [1.82, 2.24) is 4.72 Å². The molecule has 1 aromatic carbocycles. The molecule has 0 amide bonds. The standard InChI is InChI=1S/C13H19NOS/c1-13(2,3)16(15)14-12-9-8-10-6-4-5-7-11(10)12/h4-7,12,14H,8-9H2,1-3H3/t12-,16?/m1/s1. The molecule has 2 nitrogen and oxygen atoms in total. The van der Waals surface area contributed by atoms with Gasteiger partial charge in [-0.2, -0.15) is 0 Å². The minimum Gasteiger partial charge on any atom is -0.242 e. The highest BCUT2D eigenvalue weighted by atomic mass is 32.2. The van der Waals surface area contributed by atoms with Crippen molar-refractivity contribution in [3.8, 4) is 0 Å². The van der Waals surface area contributed by atoms with Crippen LogP contribution in [0.15, 0.2) is 24.3 Å². The lowest BCUT2D eigenvalue weighted by Gasteiger charge is -2.22. The molecule has 1 aliphatic carbocycles. The molecule has 0 aliphatic heterocycles. The first-order valence-electron chi connectivity index (χ1n) is 5.74. The molecule has 88 valence electrons. The van der Waals surface area contributed by atoms with Gasteiger partial charge in [-0.15, -0.1) is 0 Å². The molecule has 1 aliphatic rings. The molecule has 0 bridgehead atoms. The maximum absolute atomic E-state index is 12.0. The average Bonchev–Trinajstić information content (AvgIpc) is 2.61. The van der Waals surface area contributed by atoms with Gasteiger partial charge in [0.1, 0.15) is 0 Å². The summed E-state index contributed by atoms with van der Waals surface area (Å²) >= 11 is 0. The molecule has 3 heteroatoms. The molecule has 0 fully saturated rings. The fourth-order valence-corrected chi connectivity index (χ4v) is 2.84. The van der Waals surface area contributed by atoms with Crippen LogP contribution in [-0.4, -0.2) is 8.96 Å². The number of hydrogen-bond acceptors (Lipinski definition) is 1. The molecular weight excluding hydrogens is 218 g/mol. The number of hydrogen-bond donors (Lipinski definition) is 1. The van der Waals surface area contributed by atoms with Gasteiger partial charge in [-0.25, -0.2) is 8.93 Å². The minimum absolute atomic E-state index is 0.197. The van der Waals surface area contributed by atoms with Crippen molar-refractivity contribution in [2.24, 2.45) is 0 Å². The SMILES string of the molecule is CC(C)(C)S(=O)N[C@@H]1CCc2ccccc21. The smallest absolute Gasteiger partial charge is 0.0975 e. The molecule has 16 heavy (non-hydrogen) atoms. The first kappa shape index (κ1) is 11.8. The van der Waals surface area contributed by atoms with Crippen LogP contribution >= 0.6 is 0 Å². The third kappa shape index (κ3) is 2.36. The highest BCUT2D eigenvalue weighted by molar-refractivity contribution is 7.84. The summed E-state index contributed by atoms with van der Waals surface area (Å²) in [6.07, 6.45) is 2.15. The van der Waals surface area contributed by atoms with E-state index in [1.165, 1.54) is 11.1 Å².